The van der Waals surface area contributed by atoms with E-state index in [1.807, 2.05) is 17.0 Å². The lowest BCUT2D eigenvalue weighted by Crippen LogP contribution is -2.26. The third kappa shape index (κ3) is 1.37. The fourth-order valence-electron chi connectivity index (χ4n) is 1.72. The van der Waals surface area contributed by atoms with E-state index in [2.05, 4.69) is 22.0 Å². The molecule has 0 N–H and O–H groups in total. The molecule has 0 radical (unpaired) electrons. The molecule has 0 bridgehead atoms. The number of fused-ring (bicyclic) bond motifs is 1. The Labute approximate surface area is 85.7 Å². The minimum atomic E-state index is 0.116. The van der Waals surface area contributed by atoms with Gasteiger partial charge in [-0.3, -0.25) is 4.79 Å². The molecule has 0 saturated heterocycles. The Morgan fingerprint density at radius 2 is 2.31 bits per heavy atom. The molecule has 13 heavy (non-hydrogen) atoms. The largest absolute Gasteiger partial charge is 0.311 e. The van der Waals surface area contributed by atoms with E-state index in [4.69, 9.17) is 0 Å². The van der Waals surface area contributed by atoms with Gasteiger partial charge < -0.3 is 4.90 Å². The molecule has 0 saturated carbocycles. The van der Waals surface area contributed by atoms with Crippen LogP contribution in [0.3, 0.4) is 0 Å². The molecule has 1 aromatic rings. The topological polar surface area (TPSA) is 20.3 Å². The van der Waals surface area contributed by atoms with E-state index in [0.29, 0.717) is 0 Å². The standard InChI is InChI=1S/C10H10BrNO/c1-7(13)12-6-5-8-3-2-4-9(11)10(8)12/h2-4H,5-6H2,1H3. The molecule has 68 valence electrons. The van der Waals surface area contributed by atoms with Crippen molar-refractivity contribution in [2.24, 2.45) is 0 Å². The number of benzene rings is 1. The second kappa shape index (κ2) is 3.14. The molecule has 2 nitrogen and oxygen atoms in total. The number of nitrogens with zero attached hydrogens (tertiary/aromatic N) is 1. The van der Waals surface area contributed by atoms with Gasteiger partial charge in [0.1, 0.15) is 0 Å². The molecule has 1 aliphatic rings. The van der Waals surface area contributed by atoms with Gasteiger partial charge in [0.15, 0.2) is 0 Å². The normalized spacial score (nSPS) is 14.5. The molecule has 1 aliphatic heterocycles. The molecular formula is C10H10BrNO. The number of hydrogen-bond donors (Lipinski definition) is 0. The monoisotopic (exact) mass is 239 g/mol. The van der Waals surface area contributed by atoms with Gasteiger partial charge in [0.25, 0.3) is 0 Å². The summed E-state index contributed by atoms with van der Waals surface area (Å²) in [6, 6.07) is 6.05. The number of amides is 1. The summed E-state index contributed by atoms with van der Waals surface area (Å²) in [7, 11) is 0. The summed E-state index contributed by atoms with van der Waals surface area (Å²) in [6.45, 7) is 2.42. The first-order valence-electron chi connectivity index (χ1n) is 4.25. The average Bonchev–Trinajstić information content (AvgIpc) is 2.49. The van der Waals surface area contributed by atoms with Crippen molar-refractivity contribution in [3.63, 3.8) is 0 Å². The van der Waals surface area contributed by atoms with E-state index < -0.39 is 0 Å². The maximum atomic E-state index is 11.3. The number of rotatable bonds is 0. The first-order chi connectivity index (χ1) is 6.20. The van der Waals surface area contributed by atoms with Crippen LogP contribution in [0.2, 0.25) is 0 Å². The van der Waals surface area contributed by atoms with Crippen LogP contribution < -0.4 is 4.90 Å². The Balaban J connectivity index is 2.52. The van der Waals surface area contributed by atoms with Crippen LogP contribution in [0, 0.1) is 0 Å². The summed E-state index contributed by atoms with van der Waals surface area (Å²) in [5.74, 6) is 0.116. The predicted octanol–water partition coefficient (Wildman–Crippen LogP) is 2.36. The molecular weight excluding hydrogens is 230 g/mol. The van der Waals surface area contributed by atoms with Gasteiger partial charge in [0, 0.05) is 17.9 Å². The second-order valence-corrected chi connectivity index (χ2v) is 4.02. The summed E-state index contributed by atoms with van der Waals surface area (Å²) in [6.07, 6.45) is 0.967. The van der Waals surface area contributed by atoms with Crippen molar-refractivity contribution in [2.45, 2.75) is 13.3 Å². The number of halogens is 1. The number of hydrogen-bond acceptors (Lipinski definition) is 1. The van der Waals surface area contributed by atoms with E-state index in [1.54, 1.807) is 6.92 Å². The van der Waals surface area contributed by atoms with Crippen LogP contribution in [-0.2, 0) is 11.2 Å². The van der Waals surface area contributed by atoms with Crippen molar-refractivity contribution < 1.29 is 4.79 Å². The molecule has 2 rings (SSSR count). The molecule has 0 fully saturated rings. The van der Waals surface area contributed by atoms with Crippen LogP contribution in [0.15, 0.2) is 22.7 Å². The van der Waals surface area contributed by atoms with Crippen LogP contribution in [-0.4, -0.2) is 12.5 Å². The average molecular weight is 240 g/mol. The second-order valence-electron chi connectivity index (χ2n) is 3.17. The number of para-hydroxylation sites is 1. The highest BCUT2D eigenvalue weighted by Gasteiger charge is 2.23. The molecule has 1 aromatic carbocycles. The summed E-state index contributed by atoms with van der Waals surface area (Å²) in [5.41, 5.74) is 2.31. The van der Waals surface area contributed by atoms with E-state index in [0.717, 1.165) is 23.1 Å². The highest BCUT2D eigenvalue weighted by Crippen LogP contribution is 2.34. The molecule has 0 spiro atoms. The van der Waals surface area contributed by atoms with E-state index >= 15 is 0 Å². The van der Waals surface area contributed by atoms with Gasteiger partial charge in [-0.2, -0.15) is 0 Å². The highest BCUT2D eigenvalue weighted by atomic mass is 79.9. The maximum Gasteiger partial charge on any atom is 0.223 e. The lowest BCUT2D eigenvalue weighted by Gasteiger charge is -2.15. The summed E-state index contributed by atoms with van der Waals surface area (Å²) in [5, 5.41) is 0. The van der Waals surface area contributed by atoms with E-state index in [1.165, 1.54) is 5.56 Å². The minimum Gasteiger partial charge on any atom is -0.311 e. The smallest absolute Gasteiger partial charge is 0.223 e. The van der Waals surface area contributed by atoms with Gasteiger partial charge in [0.2, 0.25) is 5.91 Å². The fraction of sp³-hybridized carbons (Fsp3) is 0.300. The van der Waals surface area contributed by atoms with Crippen molar-refractivity contribution in [1.82, 2.24) is 0 Å². The summed E-state index contributed by atoms with van der Waals surface area (Å²) >= 11 is 3.46. The van der Waals surface area contributed by atoms with Crippen molar-refractivity contribution in [1.29, 1.82) is 0 Å². The van der Waals surface area contributed by atoms with Gasteiger partial charge >= 0.3 is 0 Å². The maximum absolute atomic E-state index is 11.3. The number of carbonyl (C=O) groups excluding carboxylic acids is 1. The Bertz CT molecular complexity index is 362. The Hall–Kier alpha value is -0.830. The quantitative estimate of drug-likeness (QED) is 0.681. The van der Waals surface area contributed by atoms with E-state index in [9.17, 15) is 4.79 Å². The lowest BCUT2D eigenvalue weighted by atomic mass is 10.2. The van der Waals surface area contributed by atoms with Gasteiger partial charge in [-0.25, -0.2) is 0 Å². The molecule has 0 unspecified atom stereocenters. The molecule has 1 heterocycles. The lowest BCUT2D eigenvalue weighted by molar-refractivity contribution is -0.116. The van der Waals surface area contributed by atoms with Gasteiger partial charge in [-0.1, -0.05) is 12.1 Å². The van der Waals surface area contributed by atoms with Crippen LogP contribution in [0.5, 0.6) is 0 Å². The highest BCUT2D eigenvalue weighted by molar-refractivity contribution is 9.10. The molecule has 0 atom stereocenters. The van der Waals surface area contributed by atoms with Gasteiger partial charge in [0.05, 0.1) is 5.69 Å². The minimum absolute atomic E-state index is 0.116. The summed E-state index contributed by atoms with van der Waals surface area (Å²) < 4.78 is 1.01. The third-order valence-electron chi connectivity index (χ3n) is 2.33. The van der Waals surface area contributed by atoms with Crippen LogP contribution in [0.4, 0.5) is 5.69 Å². The van der Waals surface area contributed by atoms with Gasteiger partial charge in [-0.05, 0) is 34.0 Å². The zero-order valence-corrected chi connectivity index (χ0v) is 8.97. The van der Waals surface area contributed by atoms with Gasteiger partial charge in [-0.15, -0.1) is 0 Å². The van der Waals surface area contributed by atoms with Crippen molar-refractivity contribution in [2.75, 3.05) is 11.4 Å². The predicted molar refractivity (Wildman–Crippen MR) is 55.9 cm³/mol. The first kappa shape index (κ1) is 8.75. The molecule has 0 aromatic heterocycles. The van der Waals surface area contributed by atoms with Crippen molar-refractivity contribution >= 4 is 27.5 Å². The van der Waals surface area contributed by atoms with Crippen molar-refractivity contribution in [3.05, 3.63) is 28.2 Å². The number of carbonyl (C=O) groups is 1. The SMILES string of the molecule is CC(=O)N1CCc2cccc(Br)c21. The zero-order chi connectivity index (χ0) is 9.42. The Kier molecular flexibility index (Phi) is 2.12. The fourth-order valence-corrected chi connectivity index (χ4v) is 2.34. The Morgan fingerprint density at radius 1 is 1.54 bits per heavy atom. The van der Waals surface area contributed by atoms with Crippen molar-refractivity contribution in [3.8, 4) is 0 Å². The van der Waals surface area contributed by atoms with Crippen LogP contribution >= 0.6 is 15.9 Å². The zero-order valence-electron chi connectivity index (χ0n) is 7.38. The first-order valence-corrected chi connectivity index (χ1v) is 5.05. The number of anilines is 1. The van der Waals surface area contributed by atoms with Crippen LogP contribution in [0.1, 0.15) is 12.5 Å². The molecule has 1 amide bonds. The Morgan fingerprint density at radius 3 is 3.00 bits per heavy atom. The van der Waals surface area contributed by atoms with E-state index in [-0.39, 0.29) is 5.91 Å². The molecule has 3 heteroatoms. The summed E-state index contributed by atoms with van der Waals surface area (Å²) in [4.78, 5) is 13.1. The third-order valence-corrected chi connectivity index (χ3v) is 2.97. The van der Waals surface area contributed by atoms with Crippen LogP contribution in [0.25, 0.3) is 0 Å². The molecule has 0 aliphatic carbocycles.